The van der Waals surface area contributed by atoms with Gasteiger partial charge in [-0.15, -0.1) is 0 Å². The maximum Gasteiger partial charge on any atom is 0.256 e. The molecule has 0 spiro atoms. The second-order valence-electron chi connectivity index (χ2n) is 4.00. The van der Waals surface area contributed by atoms with Gasteiger partial charge in [0, 0.05) is 0 Å². The minimum Gasteiger partial charge on any atom is -0.437 e. The maximum atomic E-state index is 8.92. The van der Waals surface area contributed by atoms with Crippen LogP contribution in [0.4, 0.5) is 0 Å². The van der Waals surface area contributed by atoms with Gasteiger partial charge in [0.05, 0.1) is 23.4 Å². The number of aryl methyl sites for hydroxylation is 2. The highest BCUT2D eigenvalue weighted by molar-refractivity contribution is 7.99. The summed E-state index contributed by atoms with van der Waals surface area (Å²) in [6.07, 6.45) is 0.440. The molecule has 1 atom stereocenters. The molecule has 4 heteroatoms. The third-order valence-electron chi connectivity index (χ3n) is 2.70. The number of thioether (sulfide) groups is 1. The van der Waals surface area contributed by atoms with Crippen molar-refractivity contribution < 1.29 is 4.42 Å². The van der Waals surface area contributed by atoms with Gasteiger partial charge in [-0.2, -0.15) is 5.26 Å². The lowest BCUT2D eigenvalue weighted by Gasteiger charge is -2.10. The van der Waals surface area contributed by atoms with Crippen LogP contribution in [0.15, 0.2) is 40.0 Å². The first-order chi connectivity index (χ1) is 8.70. The van der Waals surface area contributed by atoms with E-state index < -0.39 is 0 Å². The molecule has 1 aromatic heterocycles. The molecule has 0 saturated heterocycles. The van der Waals surface area contributed by atoms with Crippen LogP contribution in [0.1, 0.15) is 28.7 Å². The number of rotatable bonds is 4. The van der Waals surface area contributed by atoms with E-state index in [1.165, 1.54) is 11.8 Å². The van der Waals surface area contributed by atoms with E-state index in [-0.39, 0.29) is 5.25 Å². The molecule has 0 amide bonds. The number of hydrogen-bond acceptors (Lipinski definition) is 4. The van der Waals surface area contributed by atoms with Gasteiger partial charge >= 0.3 is 0 Å². The number of nitriles is 1. The summed E-state index contributed by atoms with van der Waals surface area (Å²) in [7, 11) is 0. The predicted octanol–water partition coefficient (Wildman–Crippen LogP) is 4.04. The molecule has 1 unspecified atom stereocenters. The van der Waals surface area contributed by atoms with Crippen LogP contribution in [0.5, 0.6) is 0 Å². The molecular formula is C14H14N2OS. The lowest BCUT2D eigenvalue weighted by Crippen LogP contribution is -1.92. The number of hydrogen-bond donors (Lipinski definition) is 0. The third-order valence-corrected chi connectivity index (χ3v) is 3.80. The van der Waals surface area contributed by atoms with E-state index >= 15 is 0 Å². The molecule has 1 aromatic carbocycles. The maximum absolute atomic E-state index is 8.92. The molecule has 0 aliphatic heterocycles. The van der Waals surface area contributed by atoms with Crippen molar-refractivity contribution in [3.63, 3.8) is 0 Å². The van der Waals surface area contributed by atoms with Gasteiger partial charge in [-0.1, -0.05) is 42.1 Å². The quantitative estimate of drug-likeness (QED) is 0.777. The van der Waals surface area contributed by atoms with Crippen LogP contribution in [0.2, 0.25) is 0 Å². The molecule has 3 nitrogen and oxygen atoms in total. The summed E-state index contributed by atoms with van der Waals surface area (Å²) < 4.78 is 5.56. The van der Waals surface area contributed by atoms with Crippen LogP contribution in [0.25, 0.3) is 0 Å². The van der Waals surface area contributed by atoms with Gasteiger partial charge in [-0.25, -0.2) is 4.98 Å². The Morgan fingerprint density at radius 1 is 1.33 bits per heavy atom. The van der Waals surface area contributed by atoms with Crippen LogP contribution in [-0.4, -0.2) is 4.98 Å². The number of nitrogens with zero attached hydrogens (tertiary/aromatic N) is 2. The first kappa shape index (κ1) is 12.7. The molecule has 18 heavy (non-hydrogen) atoms. The summed E-state index contributed by atoms with van der Waals surface area (Å²) in [5.74, 6) is 0.835. The molecule has 0 radical (unpaired) electrons. The Morgan fingerprint density at radius 3 is 2.61 bits per heavy atom. The van der Waals surface area contributed by atoms with Crippen molar-refractivity contribution in [3.05, 3.63) is 47.3 Å². The van der Waals surface area contributed by atoms with Crippen molar-refractivity contribution in [2.24, 2.45) is 0 Å². The zero-order chi connectivity index (χ0) is 13.0. The van der Waals surface area contributed by atoms with E-state index in [1.807, 2.05) is 44.2 Å². The van der Waals surface area contributed by atoms with Crippen molar-refractivity contribution in [2.45, 2.75) is 30.7 Å². The summed E-state index contributed by atoms with van der Waals surface area (Å²) in [5.41, 5.74) is 2.03. The molecule has 92 valence electrons. The van der Waals surface area contributed by atoms with E-state index in [1.54, 1.807) is 0 Å². The van der Waals surface area contributed by atoms with Crippen LogP contribution >= 0.6 is 11.8 Å². The second-order valence-corrected chi connectivity index (χ2v) is 5.15. The fourth-order valence-electron chi connectivity index (χ4n) is 1.59. The lowest BCUT2D eigenvalue weighted by atomic mass is 10.1. The fourth-order valence-corrected chi connectivity index (χ4v) is 2.65. The normalized spacial score (nSPS) is 12.1. The summed E-state index contributed by atoms with van der Waals surface area (Å²) in [6, 6.07) is 12.2. The molecule has 0 N–H and O–H groups in total. The fraction of sp³-hybridized carbons (Fsp3) is 0.286. The second kappa shape index (κ2) is 5.74. The molecule has 0 aliphatic carbocycles. The van der Waals surface area contributed by atoms with Crippen LogP contribution < -0.4 is 0 Å². The Kier molecular flexibility index (Phi) is 4.06. The van der Waals surface area contributed by atoms with E-state index in [2.05, 4.69) is 11.1 Å². The Labute approximate surface area is 111 Å². The summed E-state index contributed by atoms with van der Waals surface area (Å²) in [4.78, 5) is 4.34. The Bertz CT molecular complexity index is 537. The standard InChI is InChI=1S/C14H14N2OS/c1-10-11(2)17-14(16-10)18-13(8-9-15)12-6-4-3-5-7-12/h3-7,13H,8H2,1-2H3. The topological polar surface area (TPSA) is 49.8 Å². The summed E-state index contributed by atoms with van der Waals surface area (Å²) in [6.45, 7) is 3.82. The van der Waals surface area contributed by atoms with Crippen molar-refractivity contribution in [2.75, 3.05) is 0 Å². The summed E-state index contributed by atoms with van der Waals surface area (Å²) >= 11 is 1.50. The average Bonchev–Trinajstić information content (AvgIpc) is 2.69. The van der Waals surface area contributed by atoms with Gasteiger partial charge < -0.3 is 4.42 Å². The van der Waals surface area contributed by atoms with E-state index in [4.69, 9.17) is 9.68 Å². The largest absolute Gasteiger partial charge is 0.437 e. The molecule has 1 heterocycles. The van der Waals surface area contributed by atoms with Gasteiger partial charge in [0.2, 0.25) is 0 Å². The highest BCUT2D eigenvalue weighted by atomic mass is 32.2. The van der Waals surface area contributed by atoms with Crippen molar-refractivity contribution >= 4 is 11.8 Å². The average molecular weight is 258 g/mol. The third kappa shape index (κ3) is 2.93. The number of benzene rings is 1. The van der Waals surface area contributed by atoms with Crippen LogP contribution in [0, 0.1) is 25.2 Å². The Morgan fingerprint density at radius 2 is 2.06 bits per heavy atom. The number of aromatic nitrogens is 1. The van der Waals surface area contributed by atoms with E-state index in [0.717, 1.165) is 17.0 Å². The SMILES string of the molecule is Cc1nc(SC(CC#N)c2ccccc2)oc1C. The molecule has 2 rings (SSSR count). The minimum atomic E-state index is 0.0636. The number of oxazole rings is 1. The first-order valence-corrected chi connectivity index (χ1v) is 6.61. The zero-order valence-corrected chi connectivity index (χ0v) is 11.2. The van der Waals surface area contributed by atoms with Crippen LogP contribution in [-0.2, 0) is 0 Å². The van der Waals surface area contributed by atoms with Crippen molar-refractivity contribution in [1.29, 1.82) is 5.26 Å². The highest BCUT2D eigenvalue weighted by Crippen LogP contribution is 2.37. The Balaban J connectivity index is 2.19. The monoisotopic (exact) mass is 258 g/mol. The van der Waals surface area contributed by atoms with Crippen molar-refractivity contribution in [3.8, 4) is 6.07 Å². The van der Waals surface area contributed by atoms with E-state index in [9.17, 15) is 0 Å². The van der Waals surface area contributed by atoms with Gasteiger partial charge in [0.15, 0.2) is 0 Å². The molecule has 0 saturated carbocycles. The molecule has 2 aromatic rings. The minimum absolute atomic E-state index is 0.0636. The smallest absolute Gasteiger partial charge is 0.256 e. The lowest BCUT2D eigenvalue weighted by molar-refractivity contribution is 0.430. The molecular weight excluding hydrogens is 244 g/mol. The van der Waals surface area contributed by atoms with Gasteiger partial charge in [0.25, 0.3) is 5.22 Å². The molecule has 0 fully saturated rings. The summed E-state index contributed by atoms with van der Waals surface area (Å²) in [5, 5.41) is 9.62. The zero-order valence-electron chi connectivity index (χ0n) is 10.4. The first-order valence-electron chi connectivity index (χ1n) is 5.73. The predicted molar refractivity (Wildman–Crippen MR) is 71.2 cm³/mol. The van der Waals surface area contributed by atoms with Gasteiger partial charge in [-0.05, 0) is 19.4 Å². The van der Waals surface area contributed by atoms with Crippen molar-refractivity contribution in [1.82, 2.24) is 4.98 Å². The highest BCUT2D eigenvalue weighted by Gasteiger charge is 2.16. The molecule has 0 bridgehead atoms. The van der Waals surface area contributed by atoms with E-state index in [0.29, 0.717) is 11.6 Å². The van der Waals surface area contributed by atoms with Gasteiger partial charge in [-0.3, -0.25) is 0 Å². The van der Waals surface area contributed by atoms with Crippen LogP contribution in [0.3, 0.4) is 0 Å². The van der Waals surface area contributed by atoms with Gasteiger partial charge in [0.1, 0.15) is 5.76 Å². The molecule has 0 aliphatic rings. The Hall–Kier alpha value is -1.73.